The SMILES string of the molecule is Cc1cc(C(=O)Nc2nc(C(C)N)cs2)ccn1. The quantitative estimate of drug-likeness (QED) is 0.887. The number of carbonyl (C=O) groups excluding carboxylic acids is 1. The molecule has 94 valence electrons. The monoisotopic (exact) mass is 262 g/mol. The summed E-state index contributed by atoms with van der Waals surface area (Å²) in [5.41, 5.74) is 7.86. The number of amides is 1. The summed E-state index contributed by atoms with van der Waals surface area (Å²) in [7, 11) is 0. The summed E-state index contributed by atoms with van der Waals surface area (Å²) in [5, 5.41) is 5.15. The molecule has 0 saturated heterocycles. The van der Waals surface area contributed by atoms with Crippen molar-refractivity contribution in [3.05, 3.63) is 40.7 Å². The largest absolute Gasteiger partial charge is 0.323 e. The number of pyridine rings is 1. The van der Waals surface area contributed by atoms with Gasteiger partial charge in [0.05, 0.1) is 5.69 Å². The molecule has 1 amide bonds. The Morgan fingerprint density at radius 3 is 2.94 bits per heavy atom. The Morgan fingerprint density at radius 1 is 1.56 bits per heavy atom. The molecule has 0 aliphatic carbocycles. The predicted octanol–water partition coefficient (Wildman–Crippen LogP) is 2.12. The van der Waals surface area contributed by atoms with Crippen molar-refractivity contribution in [3.8, 4) is 0 Å². The van der Waals surface area contributed by atoms with Crippen LogP contribution in [-0.4, -0.2) is 15.9 Å². The van der Waals surface area contributed by atoms with Crippen LogP contribution in [0, 0.1) is 6.92 Å². The van der Waals surface area contributed by atoms with Gasteiger partial charge in [0.25, 0.3) is 5.91 Å². The Morgan fingerprint density at radius 2 is 2.33 bits per heavy atom. The molecule has 2 aromatic heterocycles. The molecule has 0 spiro atoms. The molecule has 1 unspecified atom stereocenters. The first-order valence-corrected chi connectivity index (χ1v) is 6.39. The van der Waals surface area contributed by atoms with Crippen LogP contribution >= 0.6 is 11.3 Å². The van der Waals surface area contributed by atoms with E-state index in [1.165, 1.54) is 11.3 Å². The summed E-state index contributed by atoms with van der Waals surface area (Å²) in [6, 6.07) is 3.27. The smallest absolute Gasteiger partial charge is 0.257 e. The molecule has 2 rings (SSSR count). The van der Waals surface area contributed by atoms with E-state index in [1.807, 2.05) is 19.2 Å². The maximum Gasteiger partial charge on any atom is 0.257 e. The van der Waals surface area contributed by atoms with Gasteiger partial charge in [0.2, 0.25) is 0 Å². The van der Waals surface area contributed by atoms with Gasteiger partial charge in [-0.2, -0.15) is 0 Å². The number of hydrogen-bond acceptors (Lipinski definition) is 5. The zero-order valence-electron chi connectivity index (χ0n) is 10.2. The molecule has 2 heterocycles. The highest BCUT2D eigenvalue weighted by molar-refractivity contribution is 7.14. The van der Waals surface area contributed by atoms with E-state index in [4.69, 9.17) is 5.73 Å². The highest BCUT2D eigenvalue weighted by atomic mass is 32.1. The molecule has 1 atom stereocenters. The third-order valence-electron chi connectivity index (χ3n) is 2.37. The van der Waals surface area contributed by atoms with Crippen molar-refractivity contribution in [2.75, 3.05) is 5.32 Å². The Labute approximate surface area is 109 Å². The maximum atomic E-state index is 11.9. The van der Waals surface area contributed by atoms with E-state index < -0.39 is 0 Å². The molecule has 3 N–H and O–H groups in total. The number of nitrogens with zero attached hydrogens (tertiary/aromatic N) is 2. The summed E-state index contributed by atoms with van der Waals surface area (Å²) in [5.74, 6) is -0.189. The second-order valence-corrected chi connectivity index (χ2v) is 4.86. The van der Waals surface area contributed by atoms with Crippen LogP contribution in [0.4, 0.5) is 5.13 Å². The van der Waals surface area contributed by atoms with Crippen LogP contribution in [0.15, 0.2) is 23.7 Å². The van der Waals surface area contributed by atoms with E-state index >= 15 is 0 Å². The fourth-order valence-corrected chi connectivity index (χ4v) is 2.22. The van der Waals surface area contributed by atoms with Gasteiger partial charge in [-0.25, -0.2) is 4.98 Å². The van der Waals surface area contributed by atoms with Crippen molar-refractivity contribution >= 4 is 22.4 Å². The maximum absolute atomic E-state index is 11.9. The lowest BCUT2D eigenvalue weighted by Gasteiger charge is -2.02. The van der Waals surface area contributed by atoms with Gasteiger partial charge in [0.15, 0.2) is 5.13 Å². The summed E-state index contributed by atoms with van der Waals surface area (Å²) in [6.07, 6.45) is 1.61. The number of hydrogen-bond donors (Lipinski definition) is 2. The molecule has 0 aliphatic heterocycles. The average Bonchev–Trinajstić information content (AvgIpc) is 2.77. The number of nitrogens with one attached hydrogen (secondary N) is 1. The minimum atomic E-state index is -0.189. The van der Waals surface area contributed by atoms with Gasteiger partial charge in [0.1, 0.15) is 0 Å². The zero-order chi connectivity index (χ0) is 13.1. The van der Waals surface area contributed by atoms with Gasteiger partial charge >= 0.3 is 0 Å². The van der Waals surface area contributed by atoms with Crippen molar-refractivity contribution in [2.24, 2.45) is 5.73 Å². The third kappa shape index (κ3) is 2.91. The molecule has 0 aliphatic rings. The number of carbonyl (C=O) groups is 1. The molecule has 5 nitrogen and oxygen atoms in total. The zero-order valence-corrected chi connectivity index (χ0v) is 11.0. The minimum Gasteiger partial charge on any atom is -0.323 e. The molecule has 2 aromatic rings. The lowest BCUT2D eigenvalue weighted by molar-refractivity contribution is 0.102. The number of thiazole rings is 1. The van der Waals surface area contributed by atoms with Gasteiger partial charge in [0, 0.05) is 28.9 Å². The molecule has 6 heteroatoms. The summed E-state index contributed by atoms with van der Waals surface area (Å²) in [4.78, 5) is 20.2. The van der Waals surface area contributed by atoms with E-state index in [-0.39, 0.29) is 11.9 Å². The number of aryl methyl sites for hydroxylation is 1. The number of nitrogens with two attached hydrogens (primary N) is 1. The van der Waals surface area contributed by atoms with E-state index in [1.54, 1.807) is 18.3 Å². The number of aromatic nitrogens is 2. The normalized spacial score (nSPS) is 12.2. The molecule has 0 saturated carbocycles. The lowest BCUT2D eigenvalue weighted by atomic mass is 10.2. The molecular formula is C12H14N4OS. The van der Waals surface area contributed by atoms with Gasteiger partial charge in [-0.3, -0.25) is 15.1 Å². The van der Waals surface area contributed by atoms with Gasteiger partial charge in [-0.1, -0.05) is 0 Å². The number of rotatable bonds is 3. The Balaban J connectivity index is 2.11. The Hall–Kier alpha value is -1.79. The van der Waals surface area contributed by atoms with E-state index in [0.29, 0.717) is 10.7 Å². The topological polar surface area (TPSA) is 80.9 Å². The second-order valence-electron chi connectivity index (χ2n) is 4.01. The van der Waals surface area contributed by atoms with Crippen LogP contribution in [0.3, 0.4) is 0 Å². The summed E-state index contributed by atoms with van der Waals surface area (Å²) in [6.45, 7) is 3.70. The van der Waals surface area contributed by atoms with Crippen LogP contribution < -0.4 is 11.1 Å². The molecule has 0 radical (unpaired) electrons. The van der Waals surface area contributed by atoms with Crippen molar-refractivity contribution in [1.82, 2.24) is 9.97 Å². The Bertz CT molecular complexity index is 565. The van der Waals surface area contributed by atoms with Crippen LogP contribution in [0.2, 0.25) is 0 Å². The van der Waals surface area contributed by atoms with Crippen molar-refractivity contribution in [1.29, 1.82) is 0 Å². The Kier molecular flexibility index (Phi) is 3.69. The van der Waals surface area contributed by atoms with E-state index in [0.717, 1.165) is 11.4 Å². The highest BCUT2D eigenvalue weighted by Gasteiger charge is 2.10. The molecular weight excluding hydrogens is 248 g/mol. The minimum absolute atomic E-state index is 0.130. The van der Waals surface area contributed by atoms with Crippen molar-refractivity contribution in [2.45, 2.75) is 19.9 Å². The number of anilines is 1. The first kappa shape index (κ1) is 12.7. The summed E-state index contributed by atoms with van der Waals surface area (Å²) >= 11 is 1.37. The lowest BCUT2D eigenvalue weighted by Crippen LogP contribution is -2.12. The first-order valence-electron chi connectivity index (χ1n) is 5.51. The van der Waals surface area contributed by atoms with Crippen LogP contribution in [0.25, 0.3) is 0 Å². The second kappa shape index (κ2) is 5.24. The van der Waals surface area contributed by atoms with Gasteiger partial charge in [-0.15, -0.1) is 11.3 Å². The fourth-order valence-electron chi connectivity index (χ4n) is 1.41. The molecule has 0 fully saturated rings. The molecule has 18 heavy (non-hydrogen) atoms. The molecule has 0 bridgehead atoms. The molecule has 0 aromatic carbocycles. The van der Waals surface area contributed by atoms with Crippen LogP contribution in [-0.2, 0) is 0 Å². The van der Waals surface area contributed by atoms with E-state index in [9.17, 15) is 4.79 Å². The highest BCUT2D eigenvalue weighted by Crippen LogP contribution is 2.19. The first-order chi connectivity index (χ1) is 8.56. The van der Waals surface area contributed by atoms with Crippen LogP contribution in [0.5, 0.6) is 0 Å². The van der Waals surface area contributed by atoms with Crippen molar-refractivity contribution in [3.63, 3.8) is 0 Å². The standard InChI is InChI=1S/C12H14N4OS/c1-7-5-9(3-4-14-7)11(17)16-12-15-10(6-18-12)8(2)13/h3-6,8H,13H2,1-2H3,(H,15,16,17). The fraction of sp³-hybridized carbons (Fsp3) is 0.250. The summed E-state index contributed by atoms with van der Waals surface area (Å²) < 4.78 is 0. The van der Waals surface area contributed by atoms with Gasteiger partial charge < -0.3 is 5.73 Å². The van der Waals surface area contributed by atoms with Crippen LogP contribution in [0.1, 0.15) is 34.7 Å². The third-order valence-corrected chi connectivity index (χ3v) is 3.14. The van der Waals surface area contributed by atoms with Crippen molar-refractivity contribution < 1.29 is 4.79 Å². The predicted molar refractivity (Wildman–Crippen MR) is 71.6 cm³/mol. The van der Waals surface area contributed by atoms with Gasteiger partial charge in [-0.05, 0) is 26.0 Å². The average molecular weight is 262 g/mol. The van der Waals surface area contributed by atoms with E-state index in [2.05, 4.69) is 15.3 Å².